The number of hydrogen-bond acceptors (Lipinski definition) is 4. The van der Waals surface area contributed by atoms with E-state index in [-0.39, 0.29) is 11.9 Å². The van der Waals surface area contributed by atoms with E-state index < -0.39 is 5.82 Å². The highest BCUT2D eigenvalue weighted by atomic mass is 79.9. The zero-order valence-electron chi connectivity index (χ0n) is 10.1. The molecule has 1 heterocycles. The average molecular weight is 314 g/mol. The molecule has 6 heteroatoms. The third-order valence-corrected chi connectivity index (χ3v) is 2.98. The van der Waals surface area contributed by atoms with Crippen molar-refractivity contribution in [2.45, 2.75) is 19.9 Å². The molecule has 1 aromatic heterocycles. The molecule has 0 amide bonds. The van der Waals surface area contributed by atoms with Gasteiger partial charge in [-0.2, -0.15) is 0 Å². The number of nitrogens with zero attached hydrogens (tertiary/aromatic N) is 2. The van der Waals surface area contributed by atoms with Gasteiger partial charge in [0.1, 0.15) is 5.82 Å². The first-order valence-electron chi connectivity index (χ1n) is 5.64. The van der Waals surface area contributed by atoms with Gasteiger partial charge in [0.25, 0.3) is 5.89 Å². The number of rotatable bonds is 4. The van der Waals surface area contributed by atoms with Crippen LogP contribution < -0.4 is 5.32 Å². The van der Waals surface area contributed by atoms with Gasteiger partial charge in [-0.25, -0.2) is 4.39 Å². The van der Waals surface area contributed by atoms with Gasteiger partial charge in [-0.15, -0.1) is 10.2 Å². The molecule has 1 atom stereocenters. The lowest BCUT2D eigenvalue weighted by molar-refractivity contribution is 0.427. The van der Waals surface area contributed by atoms with Gasteiger partial charge in [0, 0.05) is 4.47 Å². The fraction of sp³-hybridized carbons (Fsp3) is 0.333. The molecule has 1 aromatic carbocycles. The molecule has 0 bridgehead atoms. The lowest BCUT2D eigenvalue weighted by Gasteiger charge is -2.05. The molecule has 0 fully saturated rings. The Hall–Kier alpha value is -1.27. The van der Waals surface area contributed by atoms with Crippen molar-refractivity contribution in [1.29, 1.82) is 0 Å². The molecule has 2 rings (SSSR count). The summed E-state index contributed by atoms with van der Waals surface area (Å²) in [5, 5.41) is 10.9. The van der Waals surface area contributed by atoms with Crippen LogP contribution >= 0.6 is 15.9 Å². The van der Waals surface area contributed by atoms with E-state index in [1.165, 1.54) is 6.07 Å². The quantitative estimate of drug-likeness (QED) is 0.941. The molecule has 4 nitrogen and oxygen atoms in total. The number of hydrogen-bond donors (Lipinski definition) is 1. The van der Waals surface area contributed by atoms with Crippen LogP contribution in [0.3, 0.4) is 0 Å². The van der Waals surface area contributed by atoms with Crippen molar-refractivity contribution in [2.24, 2.45) is 0 Å². The first-order chi connectivity index (χ1) is 8.61. The highest BCUT2D eigenvalue weighted by molar-refractivity contribution is 9.10. The van der Waals surface area contributed by atoms with Crippen molar-refractivity contribution in [1.82, 2.24) is 15.5 Å². The highest BCUT2D eigenvalue weighted by Gasteiger charge is 2.16. The molecule has 96 valence electrons. The molecule has 0 aliphatic heterocycles. The molecule has 18 heavy (non-hydrogen) atoms. The zero-order valence-corrected chi connectivity index (χ0v) is 11.7. The first-order valence-corrected chi connectivity index (χ1v) is 6.43. The van der Waals surface area contributed by atoms with E-state index in [9.17, 15) is 4.39 Å². The Morgan fingerprint density at radius 3 is 2.89 bits per heavy atom. The number of aromatic nitrogens is 2. The van der Waals surface area contributed by atoms with Gasteiger partial charge in [0.2, 0.25) is 5.89 Å². The van der Waals surface area contributed by atoms with Crippen LogP contribution in [0.4, 0.5) is 4.39 Å². The minimum absolute atomic E-state index is 0.0465. The van der Waals surface area contributed by atoms with Crippen LogP contribution in [0.5, 0.6) is 0 Å². The van der Waals surface area contributed by atoms with E-state index in [1.54, 1.807) is 12.1 Å². The van der Waals surface area contributed by atoms with Gasteiger partial charge in [-0.3, -0.25) is 0 Å². The molecular formula is C12H13BrFN3O. The zero-order chi connectivity index (χ0) is 13.1. The SMILES string of the molecule is CCNC(C)c1nnc(-c2ccc(Br)cc2F)o1. The summed E-state index contributed by atoms with van der Waals surface area (Å²) in [7, 11) is 0. The molecular weight excluding hydrogens is 301 g/mol. The van der Waals surface area contributed by atoms with Crippen molar-refractivity contribution in [3.05, 3.63) is 34.4 Å². The molecule has 0 saturated carbocycles. The minimum atomic E-state index is -0.393. The number of nitrogens with one attached hydrogen (secondary N) is 1. The second kappa shape index (κ2) is 5.58. The van der Waals surface area contributed by atoms with Crippen molar-refractivity contribution in [3.63, 3.8) is 0 Å². The smallest absolute Gasteiger partial charge is 0.250 e. The fourth-order valence-corrected chi connectivity index (χ4v) is 1.91. The van der Waals surface area contributed by atoms with Gasteiger partial charge in [-0.1, -0.05) is 22.9 Å². The Balaban J connectivity index is 2.29. The van der Waals surface area contributed by atoms with Gasteiger partial charge >= 0.3 is 0 Å². The molecule has 0 radical (unpaired) electrons. The standard InChI is InChI=1S/C12H13BrFN3O/c1-3-15-7(2)11-16-17-12(18-11)9-5-4-8(13)6-10(9)14/h4-7,15H,3H2,1-2H3. The maximum Gasteiger partial charge on any atom is 0.250 e. The predicted octanol–water partition coefficient (Wildman–Crippen LogP) is 3.31. The summed E-state index contributed by atoms with van der Waals surface area (Å²) >= 11 is 3.20. The van der Waals surface area contributed by atoms with Gasteiger partial charge in [0.05, 0.1) is 11.6 Å². The van der Waals surface area contributed by atoms with Crippen LogP contribution in [0, 0.1) is 5.82 Å². The molecule has 0 aliphatic carbocycles. The summed E-state index contributed by atoms with van der Waals surface area (Å²) in [6.07, 6.45) is 0. The van der Waals surface area contributed by atoms with E-state index in [4.69, 9.17) is 4.42 Å². The highest BCUT2D eigenvalue weighted by Crippen LogP contribution is 2.25. The van der Waals surface area contributed by atoms with Crippen molar-refractivity contribution >= 4 is 15.9 Å². The van der Waals surface area contributed by atoms with Crippen LogP contribution in [0.25, 0.3) is 11.5 Å². The van der Waals surface area contributed by atoms with Gasteiger partial charge in [-0.05, 0) is 31.7 Å². The van der Waals surface area contributed by atoms with E-state index in [0.717, 1.165) is 6.54 Å². The van der Waals surface area contributed by atoms with E-state index in [0.29, 0.717) is 15.9 Å². The van der Waals surface area contributed by atoms with Gasteiger partial charge < -0.3 is 9.73 Å². The average Bonchev–Trinajstić information content (AvgIpc) is 2.78. The normalized spacial score (nSPS) is 12.7. The molecule has 0 spiro atoms. The van der Waals surface area contributed by atoms with E-state index in [2.05, 4.69) is 31.4 Å². The first kappa shape index (κ1) is 13.2. The lowest BCUT2D eigenvalue weighted by atomic mass is 10.2. The summed E-state index contributed by atoms with van der Waals surface area (Å²) in [5.41, 5.74) is 0.306. The molecule has 0 aliphatic rings. The second-order valence-corrected chi connectivity index (χ2v) is 4.76. The monoisotopic (exact) mass is 313 g/mol. The summed E-state index contributed by atoms with van der Waals surface area (Å²) < 4.78 is 19.9. The summed E-state index contributed by atoms with van der Waals surface area (Å²) in [6, 6.07) is 4.66. The number of halogens is 2. The molecule has 1 unspecified atom stereocenters. The van der Waals surface area contributed by atoms with Crippen molar-refractivity contribution in [2.75, 3.05) is 6.54 Å². The third-order valence-electron chi connectivity index (χ3n) is 2.48. The third kappa shape index (κ3) is 2.76. The Bertz CT molecular complexity index is 544. The lowest BCUT2D eigenvalue weighted by Crippen LogP contribution is -2.17. The van der Waals surface area contributed by atoms with Gasteiger partial charge in [0.15, 0.2) is 0 Å². The fourth-order valence-electron chi connectivity index (χ4n) is 1.57. The number of benzene rings is 1. The Kier molecular flexibility index (Phi) is 4.08. The topological polar surface area (TPSA) is 51.0 Å². The Labute approximate surface area is 113 Å². The maximum atomic E-state index is 13.7. The van der Waals surface area contributed by atoms with Crippen molar-refractivity contribution < 1.29 is 8.81 Å². The molecule has 1 N–H and O–H groups in total. The van der Waals surface area contributed by atoms with Crippen LogP contribution in [0.2, 0.25) is 0 Å². The maximum absolute atomic E-state index is 13.7. The summed E-state index contributed by atoms with van der Waals surface area (Å²) in [5.74, 6) is 0.254. The summed E-state index contributed by atoms with van der Waals surface area (Å²) in [4.78, 5) is 0. The van der Waals surface area contributed by atoms with Crippen LogP contribution in [0.1, 0.15) is 25.8 Å². The predicted molar refractivity (Wildman–Crippen MR) is 69.5 cm³/mol. The Morgan fingerprint density at radius 2 is 2.22 bits per heavy atom. The van der Waals surface area contributed by atoms with Crippen LogP contribution in [0.15, 0.2) is 27.1 Å². The van der Waals surface area contributed by atoms with E-state index in [1.807, 2.05) is 13.8 Å². The molecule has 2 aromatic rings. The van der Waals surface area contributed by atoms with Crippen molar-refractivity contribution in [3.8, 4) is 11.5 Å². The molecule has 0 saturated heterocycles. The largest absolute Gasteiger partial charge is 0.419 e. The van der Waals surface area contributed by atoms with Crippen LogP contribution in [-0.4, -0.2) is 16.7 Å². The Morgan fingerprint density at radius 1 is 1.44 bits per heavy atom. The second-order valence-electron chi connectivity index (χ2n) is 3.85. The minimum Gasteiger partial charge on any atom is -0.419 e. The van der Waals surface area contributed by atoms with Crippen LogP contribution in [-0.2, 0) is 0 Å². The summed E-state index contributed by atoms with van der Waals surface area (Å²) in [6.45, 7) is 4.70. The van der Waals surface area contributed by atoms with E-state index >= 15 is 0 Å².